The minimum Gasteiger partial charge on any atom is -0.495 e. The summed E-state index contributed by atoms with van der Waals surface area (Å²) in [5, 5.41) is 5.53. The Morgan fingerprint density at radius 2 is 1.68 bits per heavy atom. The van der Waals surface area contributed by atoms with E-state index in [9.17, 15) is 14.0 Å². The van der Waals surface area contributed by atoms with Crippen LogP contribution in [0.25, 0.3) is 0 Å². The normalized spacial score (nSPS) is 10.2. The molecule has 3 rings (SSSR count). The topological polar surface area (TPSA) is 67.4 Å². The Bertz CT molecular complexity index is 1030. The van der Waals surface area contributed by atoms with Crippen molar-refractivity contribution in [2.24, 2.45) is 0 Å². The summed E-state index contributed by atoms with van der Waals surface area (Å²) in [5.74, 6) is -1.34. The summed E-state index contributed by atoms with van der Waals surface area (Å²) >= 11 is 5.72. The monoisotopic (exact) mass is 398 g/mol. The zero-order valence-corrected chi connectivity index (χ0v) is 15.6. The smallest absolute Gasteiger partial charge is 0.258 e. The molecule has 0 aromatic heterocycles. The summed E-state index contributed by atoms with van der Waals surface area (Å²) < 4.78 is 19.2. The number of methoxy groups -OCH3 is 1. The van der Waals surface area contributed by atoms with Gasteiger partial charge in [-0.15, -0.1) is 0 Å². The molecule has 0 saturated carbocycles. The summed E-state index contributed by atoms with van der Waals surface area (Å²) in [7, 11) is 1.44. The van der Waals surface area contributed by atoms with Crippen LogP contribution in [0.5, 0.6) is 5.75 Å². The molecular formula is C21H16ClFN2O3. The fourth-order valence-corrected chi connectivity index (χ4v) is 2.70. The van der Waals surface area contributed by atoms with Crippen LogP contribution in [0.3, 0.4) is 0 Å². The van der Waals surface area contributed by atoms with Crippen LogP contribution >= 0.6 is 11.6 Å². The van der Waals surface area contributed by atoms with Crippen LogP contribution in [0, 0.1) is 5.82 Å². The number of benzene rings is 3. The largest absolute Gasteiger partial charge is 0.495 e. The fraction of sp³-hybridized carbons (Fsp3) is 0.0476. The van der Waals surface area contributed by atoms with Crippen LogP contribution < -0.4 is 15.4 Å². The van der Waals surface area contributed by atoms with Crippen molar-refractivity contribution >= 4 is 34.8 Å². The molecule has 0 heterocycles. The fourth-order valence-electron chi connectivity index (χ4n) is 2.54. The lowest BCUT2D eigenvalue weighted by atomic mass is 10.1. The maximum Gasteiger partial charge on any atom is 0.258 e. The molecule has 0 spiro atoms. The van der Waals surface area contributed by atoms with Gasteiger partial charge in [-0.3, -0.25) is 9.59 Å². The molecule has 28 heavy (non-hydrogen) atoms. The highest BCUT2D eigenvalue weighted by Crippen LogP contribution is 2.29. The molecule has 142 valence electrons. The third kappa shape index (κ3) is 4.47. The van der Waals surface area contributed by atoms with Crippen LogP contribution in [-0.2, 0) is 0 Å². The van der Waals surface area contributed by atoms with Gasteiger partial charge in [0, 0.05) is 16.3 Å². The van der Waals surface area contributed by atoms with E-state index >= 15 is 0 Å². The average Bonchev–Trinajstić information content (AvgIpc) is 2.68. The van der Waals surface area contributed by atoms with E-state index in [0.29, 0.717) is 17.0 Å². The first-order valence-corrected chi connectivity index (χ1v) is 8.66. The maximum absolute atomic E-state index is 14.0. The minimum absolute atomic E-state index is 0.162. The molecule has 3 aromatic carbocycles. The number of carbonyl (C=O) groups is 2. The maximum atomic E-state index is 14.0. The molecule has 3 aromatic rings. The van der Waals surface area contributed by atoms with Gasteiger partial charge in [-0.2, -0.15) is 0 Å². The SMILES string of the molecule is COc1ccc(NC(=O)c2ccccc2)cc1NC(=O)c1ccc(Cl)cc1F. The number of amides is 2. The van der Waals surface area contributed by atoms with E-state index in [4.69, 9.17) is 16.3 Å². The number of anilines is 2. The molecule has 7 heteroatoms. The quantitative estimate of drug-likeness (QED) is 0.636. The van der Waals surface area contributed by atoms with E-state index in [2.05, 4.69) is 10.6 Å². The standard InChI is InChI=1S/C21H16ClFN2O3/c1-28-19-10-8-15(24-20(26)13-5-3-2-4-6-13)12-18(19)25-21(27)16-9-7-14(22)11-17(16)23/h2-12H,1H3,(H,24,26)(H,25,27). The van der Waals surface area contributed by atoms with Crippen LogP contribution in [0.1, 0.15) is 20.7 Å². The molecule has 0 aliphatic heterocycles. The number of rotatable bonds is 5. The number of carbonyl (C=O) groups excluding carboxylic acids is 2. The molecule has 0 saturated heterocycles. The molecule has 0 bridgehead atoms. The molecule has 5 nitrogen and oxygen atoms in total. The Morgan fingerprint density at radius 1 is 0.929 bits per heavy atom. The number of ether oxygens (including phenoxy) is 1. The van der Waals surface area contributed by atoms with Crippen molar-refractivity contribution in [3.63, 3.8) is 0 Å². The van der Waals surface area contributed by atoms with Crippen LogP contribution in [0.15, 0.2) is 66.7 Å². The lowest BCUT2D eigenvalue weighted by Gasteiger charge is -2.13. The highest BCUT2D eigenvalue weighted by molar-refractivity contribution is 6.30. The number of halogens is 2. The third-order valence-electron chi connectivity index (χ3n) is 3.92. The highest BCUT2D eigenvalue weighted by Gasteiger charge is 2.15. The van der Waals surface area contributed by atoms with Crippen molar-refractivity contribution in [3.8, 4) is 5.75 Å². The van der Waals surface area contributed by atoms with Gasteiger partial charge < -0.3 is 15.4 Å². The van der Waals surface area contributed by atoms with E-state index in [-0.39, 0.29) is 22.2 Å². The molecule has 0 aliphatic carbocycles. The summed E-state index contributed by atoms with van der Waals surface area (Å²) in [4.78, 5) is 24.7. The Morgan fingerprint density at radius 3 is 2.36 bits per heavy atom. The van der Waals surface area contributed by atoms with Crippen LogP contribution in [0.2, 0.25) is 5.02 Å². The van der Waals surface area contributed by atoms with Gasteiger partial charge in [0.05, 0.1) is 18.4 Å². The van der Waals surface area contributed by atoms with Gasteiger partial charge in [-0.1, -0.05) is 29.8 Å². The van der Waals surface area contributed by atoms with E-state index < -0.39 is 11.7 Å². The van der Waals surface area contributed by atoms with E-state index in [0.717, 1.165) is 6.07 Å². The van der Waals surface area contributed by atoms with Crippen LogP contribution in [-0.4, -0.2) is 18.9 Å². The summed E-state index contributed by atoms with van der Waals surface area (Å²) in [6, 6.07) is 17.2. The Labute approximate surface area is 166 Å². The van der Waals surface area contributed by atoms with Crippen LogP contribution in [0.4, 0.5) is 15.8 Å². The number of nitrogens with one attached hydrogen (secondary N) is 2. The molecule has 0 radical (unpaired) electrons. The van der Waals surface area contributed by atoms with Gasteiger partial charge in [-0.25, -0.2) is 4.39 Å². The predicted octanol–water partition coefficient (Wildman–Crippen LogP) is 4.99. The van der Waals surface area contributed by atoms with Crippen molar-refractivity contribution in [3.05, 3.63) is 88.7 Å². The molecule has 2 amide bonds. The second-order valence-electron chi connectivity index (χ2n) is 5.81. The zero-order valence-electron chi connectivity index (χ0n) is 14.8. The Hall–Kier alpha value is -3.38. The number of hydrogen-bond donors (Lipinski definition) is 2. The Kier molecular flexibility index (Phi) is 5.91. The lowest BCUT2D eigenvalue weighted by Crippen LogP contribution is -2.15. The molecular weight excluding hydrogens is 383 g/mol. The summed E-state index contributed by atoms with van der Waals surface area (Å²) in [5.41, 5.74) is 1.06. The van der Waals surface area contributed by atoms with E-state index in [1.54, 1.807) is 36.4 Å². The first-order chi connectivity index (χ1) is 13.5. The second-order valence-corrected chi connectivity index (χ2v) is 6.25. The predicted molar refractivity (Wildman–Crippen MR) is 107 cm³/mol. The van der Waals surface area contributed by atoms with E-state index in [1.165, 1.54) is 25.3 Å². The van der Waals surface area contributed by atoms with Gasteiger partial charge in [0.25, 0.3) is 11.8 Å². The molecule has 2 N–H and O–H groups in total. The van der Waals surface area contributed by atoms with Crippen molar-refractivity contribution in [1.82, 2.24) is 0 Å². The minimum atomic E-state index is -0.738. The number of hydrogen-bond acceptors (Lipinski definition) is 3. The molecule has 0 aliphatic rings. The summed E-state index contributed by atoms with van der Waals surface area (Å²) in [6.07, 6.45) is 0. The second kappa shape index (κ2) is 8.54. The molecule has 0 atom stereocenters. The third-order valence-corrected chi connectivity index (χ3v) is 4.15. The molecule has 0 fully saturated rings. The van der Waals surface area contributed by atoms with Gasteiger partial charge >= 0.3 is 0 Å². The van der Waals surface area contributed by atoms with Gasteiger partial charge in [0.1, 0.15) is 11.6 Å². The van der Waals surface area contributed by atoms with Crippen molar-refractivity contribution in [2.75, 3.05) is 17.7 Å². The average molecular weight is 399 g/mol. The molecule has 0 unspecified atom stereocenters. The first kappa shape index (κ1) is 19.4. The zero-order chi connectivity index (χ0) is 20.1. The van der Waals surface area contributed by atoms with Crippen molar-refractivity contribution in [1.29, 1.82) is 0 Å². The Balaban J connectivity index is 1.83. The highest BCUT2D eigenvalue weighted by atomic mass is 35.5. The van der Waals surface area contributed by atoms with Crippen molar-refractivity contribution < 1.29 is 18.7 Å². The lowest BCUT2D eigenvalue weighted by molar-refractivity contribution is 0.101. The van der Waals surface area contributed by atoms with Gasteiger partial charge in [0.15, 0.2) is 0 Å². The van der Waals surface area contributed by atoms with Gasteiger partial charge in [0.2, 0.25) is 0 Å². The van der Waals surface area contributed by atoms with Gasteiger partial charge in [-0.05, 0) is 48.5 Å². The first-order valence-electron chi connectivity index (χ1n) is 8.29. The van der Waals surface area contributed by atoms with Crippen molar-refractivity contribution in [2.45, 2.75) is 0 Å². The summed E-state index contributed by atoms with van der Waals surface area (Å²) in [6.45, 7) is 0. The van der Waals surface area contributed by atoms with E-state index in [1.807, 2.05) is 6.07 Å².